The maximum absolute atomic E-state index is 12.6. The third-order valence-corrected chi connectivity index (χ3v) is 4.47. The van der Waals surface area contributed by atoms with Crippen LogP contribution in [0.1, 0.15) is 15.9 Å². The lowest BCUT2D eigenvalue weighted by atomic mass is 10.1. The first kappa shape index (κ1) is 14.2. The number of hydrogen-bond acceptors (Lipinski definition) is 1. The van der Waals surface area contributed by atoms with Crippen molar-refractivity contribution in [1.82, 2.24) is 0 Å². The summed E-state index contributed by atoms with van der Waals surface area (Å²) < 4.78 is 38.1. The van der Waals surface area contributed by atoms with Crippen LogP contribution in [0.4, 0.5) is 13.2 Å². The number of alkyl halides is 4. The average Bonchev–Trinajstić information content (AvgIpc) is 2.18. The summed E-state index contributed by atoms with van der Waals surface area (Å²) in [5.74, 6) is -0.868. The molecule has 0 saturated heterocycles. The van der Waals surface area contributed by atoms with Gasteiger partial charge in [-0.15, -0.1) is 11.6 Å². The molecule has 1 nitrogen and oxygen atoms in total. The van der Waals surface area contributed by atoms with Crippen LogP contribution in [0.5, 0.6) is 0 Å². The molecule has 0 atom stereocenters. The Hall–Kier alpha value is 0.180. The molecule has 1 aromatic carbocycles. The Labute approximate surface area is 117 Å². The molecule has 0 spiro atoms. The van der Waals surface area contributed by atoms with E-state index >= 15 is 0 Å². The molecule has 16 heavy (non-hydrogen) atoms. The van der Waals surface area contributed by atoms with Gasteiger partial charge >= 0.3 is 6.18 Å². The molecule has 7 heteroatoms. The van der Waals surface area contributed by atoms with Crippen molar-refractivity contribution in [3.63, 3.8) is 0 Å². The van der Waals surface area contributed by atoms with E-state index in [1.54, 1.807) is 22.6 Å². The van der Waals surface area contributed by atoms with Crippen LogP contribution in [0.3, 0.4) is 0 Å². The van der Waals surface area contributed by atoms with Gasteiger partial charge < -0.3 is 0 Å². The average molecular weight is 427 g/mol. The molecule has 0 saturated carbocycles. The Kier molecular flexibility index (Phi) is 4.65. The van der Waals surface area contributed by atoms with Crippen molar-refractivity contribution in [2.24, 2.45) is 0 Å². The molecule has 0 heterocycles. The van der Waals surface area contributed by atoms with Crippen molar-refractivity contribution in [3.8, 4) is 0 Å². The van der Waals surface area contributed by atoms with Crippen molar-refractivity contribution < 1.29 is 18.0 Å². The number of benzene rings is 1. The molecular weight excluding hydrogens is 423 g/mol. The smallest absolute Gasteiger partial charge is 0.293 e. The van der Waals surface area contributed by atoms with Crippen molar-refractivity contribution in [3.05, 3.63) is 31.3 Å². The molecule has 0 N–H and O–H groups in total. The lowest BCUT2D eigenvalue weighted by Crippen LogP contribution is -2.10. The molecule has 0 aliphatic rings. The number of ketones is 1. The summed E-state index contributed by atoms with van der Waals surface area (Å²) in [5.41, 5.74) is -0.900. The Morgan fingerprint density at radius 1 is 1.44 bits per heavy atom. The van der Waals surface area contributed by atoms with Crippen LogP contribution in [-0.4, -0.2) is 11.7 Å². The molecule has 1 aromatic rings. The highest BCUT2D eigenvalue weighted by Crippen LogP contribution is 2.37. The Bertz CT molecular complexity index is 433. The van der Waals surface area contributed by atoms with Gasteiger partial charge in [-0.2, -0.15) is 13.2 Å². The topological polar surface area (TPSA) is 17.1 Å². The van der Waals surface area contributed by atoms with Crippen LogP contribution in [0.2, 0.25) is 0 Å². The first-order valence-corrected chi connectivity index (χ1v) is 6.33. The fraction of sp³-hybridized carbons (Fsp3) is 0.222. The second-order valence-corrected chi connectivity index (χ2v) is 5.10. The van der Waals surface area contributed by atoms with E-state index in [-0.39, 0.29) is 15.9 Å². The zero-order valence-corrected chi connectivity index (χ0v) is 12.0. The fourth-order valence-electron chi connectivity index (χ4n) is 1.03. The van der Waals surface area contributed by atoms with Crippen LogP contribution in [0.25, 0.3) is 0 Å². The van der Waals surface area contributed by atoms with Gasteiger partial charge in [0.1, 0.15) is 0 Å². The molecule has 0 aromatic heterocycles. The third-order valence-electron chi connectivity index (χ3n) is 1.78. The van der Waals surface area contributed by atoms with Gasteiger partial charge in [0.15, 0.2) is 5.78 Å². The van der Waals surface area contributed by atoms with E-state index in [0.29, 0.717) is 3.57 Å². The highest BCUT2D eigenvalue weighted by Gasteiger charge is 2.34. The molecule has 0 radical (unpaired) electrons. The first-order chi connectivity index (χ1) is 7.27. The number of Topliss-reactive ketones (excluding diaryl/α,β-unsaturated/α-hetero) is 1. The number of hydrogen-bond donors (Lipinski definition) is 0. The molecule has 88 valence electrons. The van der Waals surface area contributed by atoms with Gasteiger partial charge in [0.25, 0.3) is 0 Å². The monoisotopic (exact) mass is 426 g/mol. The summed E-state index contributed by atoms with van der Waals surface area (Å²) in [5, 5.41) is 0. The molecule has 0 fully saturated rings. The molecule has 0 aliphatic carbocycles. The number of rotatable bonds is 2. The molecule has 0 aliphatic heterocycles. The van der Waals surface area contributed by atoms with Crippen LogP contribution in [0.15, 0.2) is 16.6 Å². The highest BCUT2D eigenvalue weighted by atomic mass is 127. The Balaban J connectivity index is 3.39. The zero-order valence-electron chi connectivity index (χ0n) is 7.54. The first-order valence-electron chi connectivity index (χ1n) is 3.92. The second-order valence-electron chi connectivity index (χ2n) is 2.87. The quantitative estimate of drug-likeness (QED) is 0.386. The largest absolute Gasteiger partial charge is 0.417 e. The molecule has 0 amide bonds. The van der Waals surface area contributed by atoms with Crippen LogP contribution in [0, 0.1) is 3.57 Å². The molecular formula is C9H4BrClF3IO. The Morgan fingerprint density at radius 3 is 2.44 bits per heavy atom. The maximum Gasteiger partial charge on any atom is 0.417 e. The van der Waals surface area contributed by atoms with Crippen molar-refractivity contribution in [2.75, 3.05) is 5.88 Å². The lowest BCUT2D eigenvalue weighted by Gasteiger charge is -2.12. The zero-order chi connectivity index (χ0) is 12.5. The van der Waals surface area contributed by atoms with E-state index in [2.05, 4.69) is 15.9 Å². The molecule has 1 rings (SSSR count). The van der Waals surface area contributed by atoms with Crippen LogP contribution < -0.4 is 0 Å². The minimum Gasteiger partial charge on any atom is -0.293 e. The summed E-state index contributed by atoms with van der Waals surface area (Å²) in [7, 11) is 0. The standard InChI is InChI=1S/C9H4BrClF3IO/c10-8-5(9(12,13)14)1-4(2-6(8)15)7(16)3-11/h1-2H,3H2. The fourth-order valence-corrected chi connectivity index (χ4v) is 2.27. The summed E-state index contributed by atoms with van der Waals surface area (Å²) in [4.78, 5) is 11.2. The lowest BCUT2D eigenvalue weighted by molar-refractivity contribution is -0.138. The Morgan fingerprint density at radius 2 is 2.00 bits per heavy atom. The van der Waals surface area contributed by atoms with E-state index in [9.17, 15) is 18.0 Å². The summed E-state index contributed by atoms with van der Waals surface area (Å²) in [6.45, 7) is 0. The summed E-state index contributed by atoms with van der Waals surface area (Å²) in [6.07, 6.45) is -4.50. The molecule has 0 bridgehead atoms. The predicted molar refractivity (Wildman–Crippen MR) is 66.9 cm³/mol. The van der Waals surface area contributed by atoms with Gasteiger partial charge in [0, 0.05) is 13.6 Å². The van der Waals surface area contributed by atoms with Gasteiger partial charge in [0.05, 0.1) is 11.4 Å². The number of carbonyl (C=O) groups excluding carboxylic acids is 1. The van der Waals surface area contributed by atoms with E-state index in [1.807, 2.05) is 0 Å². The van der Waals surface area contributed by atoms with Crippen molar-refractivity contribution >= 4 is 55.9 Å². The van der Waals surface area contributed by atoms with Crippen LogP contribution >= 0.6 is 50.1 Å². The SMILES string of the molecule is O=C(CCl)c1cc(I)c(Br)c(C(F)(F)F)c1. The minimum atomic E-state index is -4.50. The van der Waals surface area contributed by atoms with Gasteiger partial charge in [0.2, 0.25) is 0 Å². The van der Waals surface area contributed by atoms with Crippen molar-refractivity contribution in [2.45, 2.75) is 6.18 Å². The molecule has 0 unspecified atom stereocenters. The number of halogens is 6. The van der Waals surface area contributed by atoms with E-state index < -0.39 is 17.5 Å². The third kappa shape index (κ3) is 3.10. The van der Waals surface area contributed by atoms with Gasteiger partial charge in [-0.1, -0.05) is 0 Å². The summed E-state index contributed by atoms with van der Waals surface area (Å²) >= 11 is 9.87. The van der Waals surface area contributed by atoms with E-state index in [1.165, 1.54) is 6.07 Å². The normalized spacial score (nSPS) is 11.6. The van der Waals surface area contributed by atoms with Gasteiger partial charge in [-0.25, -0.2) is 0 Å². The van der Waals surface area contributed by atoms with Crippen molar-refractivity contribution in [1.29, 1.82) is 0 Å². The summed E-state index contributed by atoms with van der Waals surface area (Å²) in [6, 6.07) is 2.17. The van der Waals surface area contributed by atoms with E-state index in [4.69, 9.17) is 11.6 Å². The van der Waals surface area contributed by atoms with Gasteiger partial charge in [-0.3, -0.25) is 4.79 Å². The minimum absolute atomic E-state index is 0.0325. The number of carbonyl (C=O) groups is 1. The maximum atomic E-state index is 12.6. The highest BCUT2D eigenvalue weighted by molar-refractivity contribution is 14.1. The van der Waals surface area contributed by atoms with E-state index in [0.717, 1.165) is 6.07 Å². The van der Waals surface area contributed by atoms with Crippen LogP contribution in [-0.2, 0) is 6.18 Å². The predicted octanol–water partition coefficient (Wildman–Crippen LogP) is 4.49. The van der Waals surface area contributed by atoms with Gasteiger partial charge in [-0.05, 0) is 50.7 Å². The second kappa shape index (κ2) is 5.22.